The van der Waals surface area contributed by atoms with Gasteiger partial charge >= 0.3 is 0 Å². The van der Waals surface area contributed by atoms with E-state index in [1.807, 2.05) is 24.3 Å². The molecule has 5 nitrogen and oxygen atoms in total. The van der Waals surface area contributed by atoms with Crippen LogP contribution in [-0.2, 0) is 16.1 Å². The summed E-state index contributed by atoms with van der Waals surface area (Å²) in [6.07, 6.45) is 2.85. The van der Waals surface area contributed by atoms with Gasteiger partial charge in [-0.15, -0.1) is 0 Å². The van der Waals surface area contributed by atoms with Gasteiger partial charge in [0.1, 0.15) is 0 Å². The highest BCUT2D eigenvalue weighted by molar-refractivity contribution is 5.88. The SMILES string of the molecule is CC(=O)Nc1ccc(CNC(=O)C2CCCC2N)cc1. The fourth-order valence-electron chi connectivity index (χ4n) is 2.54. The molecule has 1 aliphatic carbocycles. The van der Waals surface area contributed by atoms with E-state index in [-0.39, 0.29) is 23.8 Å². The number of benzene rings is 1. The van der Waals surface area contributed by atoms with Crippen molar-refractivity contribution in [3.63, 3.8) is 0 Å². The van der Waals surface area contributed by atoms with E-state index in [1.165, 1.54) is 6.92 Å². The van der Waals surface area contributed by atoms with E-state index in [0.29, 0.717) is 6.54 Å². The standard InChI is InChI=1S/C15H21N3O2/c1-10(19)18-12-7-5-11(6-8-12)9-17-15(20)13-3-2-4-14(13)16/h5-8,13-14H,2-4,9,16H2,1H3,(H,17,20)(H,18,19). The molecule has 2 unspecified atom stereocenters. The number of hydrogen-bond donors (Lipinski definition) is 3. The van der Waals surface area contributed by atoms with E-state index >= 15 is 0 Å². The Morgan fingerprint density at radius 1 is 1.25 bits per heavy atom. The van der Waals surface area contributed by atoms with Gasteiger partial charge in [-0.3, -0.25) is 9.59 Å². The Kier molecular flexibility index (Phi) is 4.74. The summed E-state index contributed by atoms with van der Waals surface area (Å²) in [4.78, 5) is 22.9. The van der Waals surface area contributed by atoms with Crippen LogP contribution in [0.5, 0.6) is 0 Å². The van der Waals surface area contributed by atoms with Crippen LogP contribution in [0.25, 0.3) is 0 Å². The summed E-state index contributed by atoms with van der Waals surface area (Å²) >= 11 is 0. The number of nitrogens with two attached hydrogens (primary N) is 1. The molecule has 0 aliphatic heterocycles. The van der Waals surface area contributed by atoms with Crippen LogP contribution in [0.1, 0.15) is 31.7 Å². The van der Waals surface area contributed by atoms with Gasteiger partial charge in [0.25, 0.3) is 0 Å². The minimum atomic E-state index is -0.0960. The maximum Gasteiger partial charge on any atom is 0.224 e. The van der Waals surface area contributed by atoms with Crippen LogP contribution >= 0.6 is 0 Å². The van der Waals surface area contributed by atoms with E-state index in [1.54, 1.807) is 0 Å². The molecular formula is C15H21N3O2. The maximum atomic E-state index is 12.0. The molecule has 1 aromatic carbocycles. The lowest BCUT2D eigenvalue weighted by Crippen LogP contribution is -2.38. The molecule has 0 aromatic heterocycles. The van der Waals surface area contributed by atoms with Crippen molar-refractivity contribution in [3.8, 4) is 0 Å². The second-order valence-corrected chi connectivity index (χ2v) is 5.30. The summed E-state index contributed by atoms with van der Waals surface area (Å²) in [5.41, 5.74) is 7.67. The van der Waals surface area contributed by atoms with Gasteiger partial charge in [0.05, 0.1) is 5.92 Å². The quantitative estimate of drug-likeness (QED) is 0.776. The number of hydrogen-bond acceptors (Lipinski definition) is 3. The molecule has 0 radical (unpaired) electrons. The smallest absolute Gasteiger partial charge is 0.224 e. The van der Waals surface area contributed by atoms with Crippen LogP contribution in [-0.4, -0.2) is 17.9 Å². The number of nitrogens with one attached hydrogen (secondary N) is 2. The Hall–Kier alpha value is -1.88. The van der Waals surface area contributed by atoms with Crippen molar-refractivity contribution in [3.05, 3.63) is 29.8 Å². The summed E-state index contributed by atoms with van der Waals surface area (Å²) in [7, 11) is 0. The molecule has 0 heterocycles. The fraction of sp³-hybridized carbons (Fsp3) is 0.467. The lowest BCUT2D eigenvalue weighted by Gasteiger charge is -2.15. The molecule has 1 aliphatic rings. The van der Waals surface area contributed by atoms with Crippen molar-refractivity contribution in [2.75, 3.05) is 5.32 Å². The second kappa shape index (κ2) is 6.52. The Morgan fingerprint density at radius 2 is 1.95 bits per heavy atom. The molecule has 1 fully saturated rings. The second-order valence-electron chi connectivity index (χ2n) is 5.30. The highest BCUT2D eigenvalue weighted by Crippen LogP contribution is 2.24. The maximum absolute atomic E-state index is 12.0. The number of rotatable bonds is 4. The van der Waals surface area contributed by atoms with Crippen molar-refractivity contribution < 1.29 is 9.59 Å². The summed E-state index contributed by atoms with van der Waals surface area (Å²) in [6, 6.07) is 7.42. The minimum Gasteiger partial charge on any atom is -0.352 e. The molecule has 5 heteroatoms. The minimum absolute atomic E-state index is 0.00265. The first kappa shape index (κ1) is 14.5. The van der Waals surface area contributed by atoms with Crippen LogP contribution in [0.15, 0.2) is 24.3 Å². The molecule has 2 rings (SSSR count). The fourth-order valence-corrected chi connectivity index (χ4v) is 2.54. The van der Waals surface area contributed by atoms with Gasteiger partial charge in [-0.05, 0) is 30.5 Å². The molecule has 108 valence electrons. The zero-order valence-corrected chi connectivity index (χ0v) is 11.7. The monoisotopic (exact) mass is 275 g/mol. The molecule has 2 atom stereocenters. The van der Waals surface area contributed by atoms with Gasteiger partial charge in [0.2, 0.25) is 11.8 Å². The molecule has 1 aromatic rings. The predicted molar refractivity (Wildman–Crippen MR) is 77.9 cm³/mol. The molecule has 1 saturated carbocycles. The first-order valence-corrected chi connectivity index (χ1v) is 6.96. The third-order valence-corrected chi connectivity index (χ3v) is 3.65. The Bertz CT molecular complexity index is 484. The summed E-state index contributed by atoms with van der Waals surface area (Å²) in [5, 5.41) is 5.63. The van der Waals surface area contributed by atoms with E-state index in [0.717, 1.165) is 30.5 Å². The molecule has 0 bridgehead atoms. The molecular weight excluding hydrogens is 254 g/mol. The van der Waals surface area contributed by atoms with Crippen molar-refractivity contribution in [1.82, 2.24) is 5.32 Å². The zero-order chi connectivity index (χ0) is 14.5. The third kappa shape index (κ3) is 3.81. The van der Waals surface area contributed by atoms with E-state index in [9.17, 15) is 9.59 Å². The van der Waals surface area contributed by atoms with E-state index in [4.69, 9.17) is 5.73 Å². The third-order valence-electron chi connectivity index (χ3n) is 3.65. The highest BCUT2D eigenvalue weighted by Gasteiger charge is 2.29. The lowest BCUT2D eigenvalue weighted by molar-refractivity contribution is -0.125. The van der Waals surface area contributed by atoms with Gasteiger partial charge in [-0.25, -0.2) is 0 Å². The molecule has 4 N–H and O–H groups in total. The van der Waals surface area contributed by atoms with Gasteiger partial charge < -0.3 is 16.4 Å². The molecule has 20 heavy (non-hydrogen) atoms. The predicted octanol–water partition coefficient (Wildman–Crippen LogP) is 1.39. The van der Waals surface area contributed by atoms with Crippen LogP contribution in [0.3, 0.4) is 0 Å². The number of carbonyl (C=O) groups is 2. The van der Waals surface area contributed by atoms with E-state index < -0.39 is 0 Å². The van der Waals surface area contributed by atoms with Crippen molar-refractivity contribution in [2.24, 2.45) is 11.7 Å². The molecule has 0 spiro atoms. The zero-order valence-electron chi connectivity index (χ0n) is 11.7. The van der Waals surface area contributed by atoms with Gasteiger partial charge in [-0.1, -0.05) is 18.6 Å². The van der Waals surface area contributed by atoms with Crippen LogP contribution < -0.4 is 16.4 Å². The number of carbonyl (C=O) groups excluding carboxylic acids is 2. The number of amides is 2. The van der Waals surface area contributed by atoms with Gasteiger partial charge in [0, 0.05) is 25.2 Å². The molecule has 0 saturated heterocycles. The lowest BCUT2D eigenvalue weighted by atomic mass is 10.0. The van der Waals surface area contributed by atoms with Crippen molar-refractivity contribution >= 4 is 17.5 Å². The van der Waals surface area contributed by atoms with Crippen LogP contribution in [0.4, 0.5) is 5.69 Å². The number of anilines is 1. The van der Waals surface area contributed by atoms with E-state index in [2.05, 4.69) is 10.6 Å². The largest absolute Gasteiger partial charge is 0.352 e. The first-order chi connectivity index (χ1) is 9.56. The Labute approximate surface area is 118 Å². The van der Waals surface area contributed by atoms with Crippen molar-refractivity contribution in [1.29, 1.82) is 0 Å². The summed E-state index contributed by atoms with van der Waals surface area (Å²) < 4.78 is 0. The van der Waals surface area contributed by atoms with Crippen LogP contribution in [0.2, 0.25) is 0 Å². The Morgan fingerprint density at radius 3 is 2.50 bits per heavy atom. The molecule has 2 amide bonds. The Balaban J connectivity index is 1.84. The van der Waals surface area contributed by atoms with Crippen molar-refractivity contribution in [2.45, 2.75) is 38.8 Å². The summed E-state index contributed by atoms with van der Waals surface area (Å²) in [6.45, 7) is 1.96. The first-order valence-electron chi connectivity index (χ1n) is 6.96. The summed E-state index contributed by atoms with van der Waals surface area (Å²) in [5.74, 6) is -0.101. The topological polar surface area (TPSA) is 84.2 Å². The van der Waals surface area contributed by atoms with Crippen LogP contribution in [0, 0.1) is 5.92 Å². The van der Waals surface area contributed by atoms with Gasteiger partial charge in [-0.2, -0.15) is 0 Å². The normalized spacial score (nSPS) is 21.5. The average Bonchev–Trinajstić information content (AvgIpc) is 2.83. The average molecular weight is 275 g/mol. The highest BCUT2D eigenvalue weighted by atomic mass is 16.2. The van der Waals surface area contributed by atoms with Gasteiger partial charge in [0.15, 0.2) is 0 Å².